The van der Waals surface area contributed by atoms with Gasteiger partial charge in [0.1, 0.15) is 12.0 Å². The Morgan fingerprint density at radius 3 is 3.07 bits per heavy atom. The third kappa shape index (κ3) is 2.38. The van der Waals surface area contributed by atoms with Gasteiger partial charge in [-0.25, -0.2) is 4.98 Å². The SMILES string of the molecule is CC(O)c1coc(C2CCCN(C)C2)n1. The van der Waals surface area contributed by atoms with Gasteiger partial charge in [-0.2, -0.15) is 0 Å². The third-order valence-electron chi connectivity index (χ3n) is 2.94. The van der Waals surface area contributed by atoms with E-state index in [1.807, 2.05) is 0 Å². The van der Waals surface area contributed by atoms with Gasteiger partial charge >= 0.3 is 0 Å². The highest BCUT2D eigenvalue weighted by atomic mass is 16.3. The van der Waals surface area contributed by atoms with Gasteiger partial charge in [0.25, 0.3) is 0 Å². The van der Waals surface area contributed by atoms with Crippen molar-refractivity contribution in [3.8, 4) is 0 Å². The quantitative estimate of drug-likeness (QED) is 0.804. The molecule has 0 radical (unpaired) electrons. The van der Waals surface area contributed by atoms with Gasteiger partial charge in [-0.15, -0.1) is 0 Å². The maximum absolute atomic E-state index is 9.35. The highest BCUT2D eigenvalue weighted by Gasteiger charge is 2.23. The predicted molar refractivity (Wildman–Crippen MR) is 56.6 cm³/mol. The number of nitrogens with zero attached hydrogens (tertiary/aromatic N) is 2. The van der Waals surface area contributed by atoms with Crippen molar-refractivity contribution in [3.63, 3.8) is 0 Å². The van der Waals surface area contributed by atoms with Crippen molar-refractivity contribution in [3.05, 3.63) is 17.8 Å². The van der Waals surface area contributed by atoms with Crippen LogP contribution in [0.4, 0.5) is 0 Å². The van der Waals surface area contributed by atoms with Crippen LogP contribution in [-0.4, -0.2) is 35.1 Å². The van der Waals surface area contributed by atoms with Gasteiger partial charge < -0.3 is 14.4 Å². The summed E-state index contributed by atoms with van der Waals surface area (Å²) in [4.78, 5) is 6.62. The maximum atomic E-state index is 9.35. The van der Waals surface area contributed by atoms with Crippen LogP contribution in [0.3, 0.4) is 0 Å². The summed E-state index contributed by atoms with van der Waals surface area (Å²) in [7, 11) is 2.12. The Balaban J connectivity index is 2.08. The number of piperidine rings is 1. The van der Waals surface area contributed by atoms with Gasteiger partial charge in [-0.1, -0.05) is 0 Å². The van der Waals surface area contributed by atoms with E-state index in [9.17, 15) is 5.11 Å². The molecular formula is C11H18N2O2. The van der Waals surface area contributed by atoms with Crippen LogP contribution >= 0.6 is 0 Å². The first-order chi connectivity index (χ1) is 7.16. The zero-order valence-electron chi connectivity index (χ0n) is 9.31. The summed E-state index contributed by atoms with van der Waals surface area (Å²) < 4.78 is 5.42. The summed E-state index contributed by atoms with van der Waals surface area (Å²) in [5.74, 6) is 1.16. The Hall–Kier alpha value is -0.870. The van der Waals surface area contributed by atoms with Crippen LogP contribution in [-0.2, 0) is 0 Å². The molecule has 4 nitrogen and oxygen atoms in total. The van der Waals surface area contributed by atoms with Crippen molar-refractivity contribution in [2.75, 3.05) is 20.1 Å². The molecule has 0 amide bonds. The molecule has 1 aromatic rings. The number of aromatic nitrogens is 1. The molecule has 1 aliphatic rings. The Morgan fingerprint density at radius 1 is 1.67 bits per heavy atom. The lowest BCUT2D eigenvalue weighted by atomic mass is 9.98. The van der Waals surface area contributed by atoms with E-state index in [2.05, 4.69) is 16.9 Å². The van der Waals surface area contributed by atoms with Gasteiger partial charge in [-0.3, -0.25) is 0 Å². The molecule has 84 valence electrons. The highest BCUT2D eigenvalue weighted by Crippen LogP contribution is 2.26. The average Bonchev–Trinajstić information content (AvgIpc) is 2.66. The lowest BCUT2D eigenvalue weighted by Crippen LogP contribution is -2.30. The van der Waals surface area contributed by atoms with Gasteiger partial charge in [-0.05, 0) is 33.4 Å². The number of aliphatic hydroxyl groups excluding tert-OH is 1. The van der Waals surface area contributed by atoms with E-state index in [0.29, 0.717) is 11.6 Å². The third-order valence-corrected chi connectivity index (χ3v) is 2.94. The summed E-state index contributed by atoms with van der Waals surface area (Å²) in [6, 6.07) is 0. The van der Waals surface area contributed by atoms with E-state index in [-0.39, 0.29) is 0 Å². The molecule has 2 rings (SSSR count). The normalized spacial score (nSPS) is 25.4. The number of oxazole rings is 1. The number of likely N-dealkylation sites (N-methyl/N-ethyl adjacent to an activating group) is 1. The van der Waals surface area contributed by atoms with Crippen molar-refractivity contribution >= 4 is 0 Å². The highest BCUT2D eigenvalue weighted by molar-refractivity contribution is 5.04. The lowest BCUT2D eigenvalue weighted by molar-refractivity contribution is 0.194. The van der Waals surface area contributed by atoms with Gasteiger partial charge in [0.05, 0.1) is 6.10 Å². The molecule has 0 aromatic carbocycles. The van der Waals surface area contributed by atoms with Gasteiger partial charge in [0.15, 0.2) is 5.89 Å². The molecule has 1 aromatic heterocycles. The Bertz CT molecular complexity index is 322. The summed E-state index contributed by atoms with van der Waals surface area (Å²) >= 11 is 0. The van der Waals surface area contributed by atoms with E-state index < -0.39 is 6.10 Å². The smallest absolute Gasteiger partial charge is 0.198 e. The van der Waals surface area contributed by atoms with Crippen LogP contribution in [0, 0.1) is 0 Å². The monoisotopic (exact) mass is 210 g/mol. The zero-order chi connectivity index (χ0) is 10.8. The second-order valence-electron chi connectivity index (χ2n) is 4.39. The Labute approximate surface area is 89.9 Å². The first-order valence-electron chi connectivity index (χ1n) is 5.48. The first kappa shape index (κ1) is 10.6. The largest absolute Gasteiger partial charge is 0.448 e. The van der Waals surface area contributed by atoms with E-state index >= 15 is 0 Å². The topological polar surface area (TPSA) is 49.5 Å². The molecule has 1 aliphatic heterocycles. The molecule has 1 fully saturated rings. The van der Waals surface area contributed by atoms with Crippen molar-refractivity contribution in [1.29, 1.82) is 0 Å². The van der Waals surface area contributed by atoms with Crippen LogP contribution in [0.5, 0.6) is 0 Å². The molecule has 2 unspecified atom stereocenters. The molecule has 1 N–H and O–H groups in total. The second kappa shape index (κ2) is 4.33. The van der Waals surface area contributed by atoms with Crippen LogP contribution < -0.4 is 0 Å². The van der Waals surface area contributed by atoms with E-state index in [0.717, 1.165) is 25.4 Å². The summed E-state index contributed by atoms with van der Waals surface area (Å²) in [5.41, 5.74) is 0.637. The van der Waals surface area contributed by atoms with Gasteiger partial charge in [0, 0.05) is 12.5 Å². The Kier molecular flexibility index (Phi) is 3.07. The standard InChI is InChI=1S/C11H18N2O2/c1-8(14)10-7-15-11(12-10)9-4-3-5-13(2)6-9/h7-9,14H,3-6H2,1-2H3. The summed E-state index contributed by atoms with van der Waals surface area (Å²) in [6.07, 6.45) is 3.34. The number of hydrogen-bond donors (Lipinski definition) is 1. The van der Waals surface area contributed by atoms with Crippen LogP contribution in [0.2, 0.25) is 0 Å². The zero-order valence-corrected chi connectivity index (χ0v) is 9.31. The minimum Gasteiger partial charge on any atom is -0.448 e. The van der Waals surface area contributed by atoms with E-state index in [4.69, 9.17) is 4.42 Å². The lowest BCUT2D eigenvalue weighted by Gasteiger charge is -2.27. The summed E-state index contributed by atoms with van der Waals surface area (Å²) in [6.45, 7) is 3.86. The first-order valence-corrected chi connectivity index (χ1v) is 5.48. The van der Waals surface area contributed by atoms with Crippen LogP contribution in [0.1, 0.15) is 43.4 Å². The van der Waals surface area contributed by atoms with E-state index in [1.165, 1.54) is 6.42 Å². The molecule has 0 bridgehead atoms. The minimum absolute atomic E-state index is 0.385. The Morgan fingerprint density at radius 2 is 2.47 bits per heavy atom. The molecule has 1 saturated heterocycles. The molecule has 2 atom stereocenters. The second-order valence-corrected chi connectivity index (χ2v) is 4.39. The van der Waals surface area contributed by atoms with E-state index in [1.54, 1.807) is 13.2 Å². The predicted octanol–water partition coefficient (Wildman–Crippen LogP) is 1.54. The van der Waals surface area contributed by atoms with Gasteiger partial charge in [0.2, 0.25) is 0 Å². The van der Waals surface area contributed by atoms with Crippen LogP contribution in [0.25, 0.3) is 0 Å². The van der Waals surface area contributed by atoms with Crippen molar-refractivity contribution in [1.82, 2.24) is 9.88 Å². The molecule has 0 spiro atoms. The van der Waals surface area contributed by atoms with Crippen LogP contribution in [0.15, 0.2) is 10.7 Å². The number of likely N-dealkylation sites (tertiary alicyclic amines) is 1. The minimum atomic E-state index is -0.538. The summed E-state index contributed by atoms with van der Waals surface area (Å²) in [5, 5.41) is 9.35. The number of rotatable bonds is 2. The molecule has 0 saturated carbocycles. The average molecular weight is 210 g/mol. The maximum Gasteiger partial charge on any atom is 0.198 e. The molecule has 0 aliphatic carbocycles. The fourth-order valence-electron chi connectivity index (χ4n) is 2.05. The van der Waals surface area contributed by atoms with Crippen molar-refractivity contribution in [2.45, 2.75) is 31.8 Å². The van der Waals surface area contributed by atoms with Crippen molar-refractivity contribution < 1.29 is 9.52 Å². The number of aliphatic hydroxyl groups is 1. The molecule has 15 heavy (non-hydrogen) atoms. The number of hydrogen-bond acceptors (Lipinski definition) is 4. The van der Waals surface area contributed by atoms with Crippen molar-refractivity contribution in [2.24, 2.45) is 0 Å². The molecule has 4 heteroatoms. The fourth-order valence-corrected chi connectivity index (χ4v) is 2.05. The molecular weight excluding hydrogens is 192 g/mol. The molecule has 2 heterocycles. The fraction of sp³-hybridized carbons (Fsp3) is 0.727.